The average Bonchev–Trinajstić information content (AvgIpc) is 3.09. The summed E-state index contributed by atoms with van der Waals surface area (Å²) < 4.78 is 46.8. The highest BCUT2D eigenvalue weighted by molar-refractivity contribution is 8.16. The summed E-state index contributed by atoms with van der Waals surface area (Å²) in [5.74, 6) is -1.45. The zero-order valence-corrected chi connectivity index (χ0v) is 18.2. The highest BCUT2D eigenvalue weighted by atomic mass is 35.5. The number of amides is 1. The molecule has 0 aliphatic carbocycles. The Hall–Kier alpha value is -2.46. The van der Waals surface area contributed by atoms with E-state index in [4.69, 9.17) is 16.3 Å². The van der Waals surface area contributed by atoms with E-state index in [1.807, 2.05) is 0 Å². The van der Waals surface area contributed by atoms with E-state index in [1.165, 1.54) is 24.0 Å². The molecule has 0 radical (unpaired) electrons. The molecular weight excluding hydrogens is 455 g/mol. The first-order chi connectivity index (χ1) is 14.7. The van der Waals surface area contributed by atoms with E-state index < -0.39 is 29.5 Å². The first kappa shape index (κ1) is 23.2. The molecule has 3 rings (SSSR count). The number of nitrogens with zero attached hydrogens (tertiary/aromatic N) is 2. The number of carbonyl (C=O) groups excluding carboxylic acids is 2. The van der Waals surface area contributed by atoms with Gasteiger partial charge in [0.15, 0.2) is 10.9 Å². The fourth-order valence-electron chi connectivity index (χ4n) is 3.30. The summed E-state index contributed by atoms with van der Waals surface area (Å²) in [5.41, 5.74) is -1.33. The number of aliphatic imine (C=N–C) groups is 1. The molecule has 1 aromatic carbocycles. The third-order valence-corrected chi connectivity index (χ3v) is 5.72. The van der Waals surface area contributed by atoms with Crippen molar-refractivity contribution >= 4 is 40.4 Å². The van der Waals surface area contributed by atoms with Gasteiger partial charge < -0.3 is 15.0 Å². The average molecular weight is 474 g/mol. The molecule has 166 valence electrons. The number of nitrogens with one attached hydrogen (secondary N) is 1. The number of fused-ring (bicyclic) bond motifs is 1. The van der Waals surface area contributed by atoms with Crippen LogP contribution in [0.4, 0.5) is 13.2 Å². The maximum absolute atomic E-state index is 13.9. The molecular formula is C20H19ClF3N3O3S. The minimum absolute atomic E-state index is 0.00425. The predicted octanol–water partition coefficient (Wildman–Crippen LogP) is 4.55. The minimum Gasteiger partial charge on any atom is -0.463 e. The number of halogens is 4. The van der Waals surface area contributed by atoms with E-state index in [9.17, 15) is 22.8 Å². The third-order valence-electron chi connectivity index (χ3n) is 4.49. The van der Waals surface area contributed by atoms with E-state index in [-0.39, 0.29) is 34.7 Å². The summed E-state index contributed by atoms with van der Waals surface area (Å²) in [6.45, 7) is 3.54. The van der Waals surface area contributed by atoms with Gasteiger partial charge in [0.05, 0.1) is 24.6 Å². The molecule has 6 nitrogen and oxygen atoms in total. The van der Waals surface area contributed by atoms with Crippen LogP contribution >= 0.6 is 23.4 Å². The van der Waals surface area contributed by atoms with Gasteiger partial charge in [-0.2, -0.15) is 13.2 Å². The van der Waals surface area contributed by atoms with Crippen molar-refractivity contribution in [1.82, 2.24) is 10.2 Å². The number of allylic oxidation sites excluding steroid dienone is 1. The largest absolute Gasteiger partial charge is 0.463 e. The maximum atomic E-state index is 13.9. The number of benzene rings is 1. The highest BCUT2D eigenvalue weighted by Crippen LogP contribution is 2.49. The van der Waals surface area contributed by atoms with E-state index in [0.29, 0.717) is 12.2 Å². The fraction of sp³-hybridized carbons (Fsp3) is 0.350. The van der Waals surface area contributed by atoms with Crippen LogP contribution in [0.25, 0.3) is 0 Å². The molecule has 1 N–H and O–H groups in total. The van der Waals surface area contributed by atoms with Gasteiger partial charge >= 0.3 is 12.1 Å². The van der Waals surface area contributed by atoms with Crippen LogP contribution in [0.1, 0.15) is 31.9 Å². The number of carbonyl (C=O) groups is 2. The molecule has 1 amide bonds. The molecule has 1 unspecified atom stereocenters. The van der Waals surface area contributed by atoms with Crippen LogP contribution in [-0.2, 0) is 14.3 Å². The van der Waals surface area contributed by atoms with Gasteiger partial charge in [-0.15, -0.1) is 0 Å². The van der Waals surface area contributed by atoms with Gasteiger partial charge in [-0.3, -0.25) is 4.79 Å². The van der Waals surface area contributed by atoms with E-state index >= 15 is 0 Å². The molecule has 2 aliphatic rings. The number of thioether (sulfide) groups is 1. The molecule has 0 bridgehead atoms. The lowest BCUT2D eigenvalue weighted by Crippen LogP contribution is -2.40. The molecule has 0 fully saturated rings. The molecule has 1 atom stereocenters. The van der Waals surface area contributed by atoms with Gasteiger partial charge in [-0.05, 0) is 30.9 Å². The highest BCUT2D eigenvalue weighted by Gasteiger charge is 2.49. The maximum Gasteiger partial charge on any atom is 0.434 e. The van der Waals surface area contributed by atoms with Gasteiger partial charge in [-0.25, -0.2) is 9.79 Å². The Kier molecular flexibility index (Phi) is 7.00. The quantitative estimate of drug-likeness (QED) is 0.614. The lowest BCUT2D eigenvalue weighted by atomic mass is 9.93. The van der Waals surface area contributed by atoms with Crippen molar-refractivity contribution in [2.45, 2.75) is 32.5 Å². The summed E-state index contributed by atoms with van der Waals surface area (Å²) in [4.78, 5) is 30.1. The summed E-state index contributed by atoms with van der Waals surface area (Å²) in [6, 6.07) is 5.04. The summed E-state index contributed by atoms with van der Waals surface area (Å²) in [5, 5.41) is 4.39. The van der Waals surface area contributed by atoms with E-state index in [1.54, 1.807) is 24.5 Å². The normalized spacial score (nSPS) is 18.4. The molecule has 2 heterocycles. The Bertz CT molecular complexity index is 991. The standard InChI is InChI=1S/C20H19ClF3N3O3S/c1-3-25-14(28)9-11-10-31-19-26-17(20(22,23)24)15(18(29)30-4-2)16(27(11)19)12-7-5-6-8-13(12)21/h5-8,10,16H,3-4,9H2,1-2H3,(H,25,28). The number of amidine groups is 1. The van der Waals surface area contributed by atoms with Crippen LogP contribution in [0.15, 0.2) is 51.6 Å². The smallest absolute Gasteiger partial charge is 0.434 e. The molecule has 0 aromatic heterocycles. The number of esters is 1. The van der Waals surface area contributed by atoms with Gasteiger partial charge in [0.1, 0.15) is 0 Å². The first-order valence-corrected chi connectivity index (χ1v) is 10.7. The number of hydrogen-bond acceptors (Lipinski definition) is 6. The Balaban J connectivity index is 2.21. The van der Waals surface area contributed by atoms with Gasteiger partial charge in [0.2, 0.25) is 5.91 Å². The lowest BCUT2D eigenvalue weighted by Gasteiger charge is -2.37. The van der Waals surface area contributed by atoms with E-state index in [0.717, 1.165) is 11.8 Å². The van der Waals surface area contributed by atoms with Crippen LogP contribution in [0.3, 0.4) is 0 Å². The van der Waals surface area contributed by atoms with Crippen molar-refractivity contribution in [2.24, 2.45) is 4.99 Å². The Labute approximate surface area is 186 Å². The molecule has 31 heavy (non-hydrogen) atoms. The lowest BCUT2D eigenvalue weighted by molar-refractivity contribution is -0.140. The molecule has 0 saturated heterocycles. The zero-order chi connectivity index (χ0) is 22.8. The number of alkyl halides is 3. The summed E-state index contributed by atoms with van der Waals surface area (Å²) >= 11 is 7.28. The Morgan fingerprint density at radius 2 is 2.00 bits per heavy atom. The van der Waals surface area contributed by atoms with Crippen LogP contribution in [0, 0.1) is 0 Å². The zero-order valence-electron chi connectivity index (χ0n) is 16.6. The summed E-state index contributed by atoms with van der Waals surface area (Å²) in [6.07, 6.45) is -5.00. The second-order valence-corrected chi connectivity index (χ2v) is 7.77. The molecule has 0 saturated carbocycles. The Morgan fingerprint density at radius 3 is 2.61 bits per heavy atom. The van der Waals surface area contributed by atoms with Crippen LogP contribution < -0.4 is 5.32 Å². The predicted molar refractivity (Wildman–Crippen MR) is 112 cm³/mol. The van der Waals surface area contributed by atoms with Crippen molar-refractivity contribution in [3.63, 3.8) is 0 Å². The number of hydrogen-bond donors (Lipinski definition) is 1. The number of rotatable bonds is 6. The van der Waals surface area contributed by atoms with Crippen molar-refractivity contribution in [3.05, 3.63) is 57.2 Å². The monoisotopic (exact) mass is 473 g/mol. The number of ether oxygens (including phenoxy) is 1. The van der Waals surface area contributed by atoms with Crippen LogP contribution in [0.2, 0.25) is 5.02 Å². The summed E-state index contributed by atoms with van der Waals surface area (Å²) in [7, 11) is 0. The van der Waals surface area contributed by atoms with Crippen LogP contribution in [0.5, 0.6) is 0 Å². The molecule has 1 aromatic rings. The van der Waals surface area contributed by atoms with Crippen molar-refractivity contribution < 1.29 is 27.5 Å². The van der Waals surface area contributed by atoms with Crippen molar-refractivity contribution in [3.8, 4) is 0 Å². The Morgan fingerprint density at radius 1 is 1.29 bits per heavy atom. The SMILES string of the molecule is CCNC(=O)CC1=CSC2=NC(C(F)(F)F)=C(C(=O)OCC)C(c3ccccc3Cl)N12. The molecule has 2 aliphatic heterocycles. The van der Waals surface area contributed by atoms with E-state index in [2.05, 4.69) is 10.3 Å². The van der Waals surface area contributed by atoms with Gasteiger partial charge in [-0.1, -0.05) is 41.6 Å². The van der Waals surface area contributed by atoms with Crippen molar-refractivity contribution in [2.75, 3.05) is 13.2 Å². The third kappa shape index (κ3) is 4.74. The van der Waals surface area contributed by atoms with Crippen LogP contribution in [-0.4, -0.2) is 41.3 Å². The van der Waals surface area contributed by atoms with Gasteiger partial charge in [0.25, 0.3) is 0 Å². The van der Waals surface area contributed by atoms with Crippen molar-refractivity contribution in [1.29, 1.82) is 0 Å². The fourth-order valence-corrected chi connectivity index (χ4v) is 4.46. The minimum atomic E-state index is -4.90. The first-order valence-electron chi connectivity index (χ1n) is 9.42. The van der Waals surface area contributed by atoms with Gasteiger partial charge in [0, 0.05) is 17.3 Å². The molecule has 11 heteroatoms. The topological polar surface area (TPSA) is 71.0 Å². The molecule has 0 spiro atoms. The second kappa shape index (κ2) is 9.35. The second-order valence-electron chi connectivity index (χ2n) is 6.53.